The van der Waals surface area contributed by atoms with E-state index in [0.29, 0.717) is 0 Å². The molecule has 5 heteroatoms. The summed E-state index contributed by atoms with van der Waals surface area (Å²) < 4.78 is 0. The first-order valence-corrected chi connectivity index (χ1v) is 4.71. The highest BCUT2D eigenvalue weighted by atomic mass is 16.3. The Kier molecular flexibility index (Phi) is 1.94. The zero-order valence-electron chi connectivity index (χ0n) is 7.79. The highest BCUT2D eigenvalue weighted by molar-refractivity contribution is 6.21. The molecular weight excluding hydrogens is 182 g/mol. The van der Waals surface area contributed by atoms with Crippen LogP contribution in [0.4, 0.5) is 0 Å². The fourth-order valence-electron chi connectivity index (χ4n) is 2.16. The summed E-state index contributed by atoms with van der Waals surface area (Å²) >= 11 is 0. The van der Waals surface area contributed by atoms with Gasteiger partial charge in [-0.25, -0.2) is 0 Å². The molecule has 0 aliphatic carbocycles. The molecule has 2 aliphatic rings. The van der Waals surface area contributed by atoms with Gasteiger partial charge in [0.2, 0.25) is 0 Å². The van der Waals surface area contributed by atoms with Crippen molar-refractivity contribution >= 4 is 11.7 Å². The second-order valence-electron chi connectivity index (χ2n) is 3.68. The molecule has 1 unspecified atom stereocenters. The average Bonchev–Trinajstić information content (AvgIpc) is 2.41. The fourth-order valence-corrected chi connectivity index (χ4v) is 2.16. The van der Waals surface area contributed by atoms with Crippen LogP contribution < -0.4 is 5.73 Å². The molecule has 0 aromatic heterocycles. The summed E-state index contributed by atoms with van der Waals surface area (Å²) in [6.45, 7) is 0.727. The Morgan fingerprint density at radius 1 is 1.57 bits per heavy atom. The number of amidine groups is 1. The van der Waals surface area contributed by atoms with Gasteiger partial charge < -0.3 is 15.7 Å². The minimum Gasteiger partial charge on any atom is -0.509 e. The van der Waals surface area contributed by atoms with Gasteiger partial charge in [-0.1, -0.05) is 0 Å². The van der Waals surface area contributed by atoms with E-state index < -0.39 is 5.91 Å². The third kappa shape index (κ3) is 1.08. The summed E-state index contributed by atoms with van der Waals surface area (Å²) in [4.78, 5) is 12.8. The van der Waals surface area contributed by atoms with Crippen molar-refractivity contribution < 1.29 is 9.90 Å². The van der Waals surface area contributed by atoms with Crippen LogP contribution in [0.2, 0.25) is 0 Å². The van der Waals surface area contributed by atoms with Crippen LogP contribution in [0.25, 0.3) is 0 Å². The van der Waals surface area contributed by atoms with Gasteiger partial charge in [0, 0.05) is 6.54 Å². The third-order valence-corrected chi connectivity index (χ3v) is 2.84. The fraction of sp³-hybridized carbons (Fsp3) is 0.556. The summed E-state index contributed by atoms with van der Waals surface area (Å²) in [5.41, 5.74) is 5.11. The maximum absolute atomic E-state index is 11.0. The van der Waals surface area contributed by atoms with E-state index in [-0.39, 0.29) is 23.2 Å². The van der Waals surface area contributed by atoms with E-state index in [4.69, 9.17) is 11.1 Å². The molecule has 0 bridgehead atoms. The van der Waals surface area contributed by atoms with Gasteiger partial charge in [0.15, 0.2) is 0 Å². The van der Waals surface area contributed by atoms with Gasteiger partial charge in [-0.2, -0.15) is 0 Å². The average molecular weight is 195 g/mol. The van der Waals surface area contributed by atoms with Gasteiger partial charge in [-0.15, -0.1) is 0 Å². The van der Waals surface area contributed by atoms with E-state index in [2.05, 4.69) is 0 Å². The first-order chi connectivity index (χ1) is 6.63. The summed E-state index contributed by atoms with van der Waals surface area (Å²) in [7, 11) is 0. The summed E-state index contributed by atoms with van der Waals surface area (Å²) in [6, 6.07) is -0.182. The Morgan fingerprint density at radius 3 is 2.86 bits per heavy atom. The van der Waals surface area contributed by atoms with Gasteiger partial charge in [-0.05, 0) is 19.3 Å². The van der Waals surface area contributed by atoms with Crippen LogP contribution in [0.3, 0.4) is 0 Å². The molecule has 4 N–H and O–H groups in total. The Hall–Kier alpha value is -1.52. The summed E-state index contributed by atoms with van der Waals surface area (Å²) in [5.74, 6) is -0.635. The second-order valence-corrected chi connectivity index (χ2v) is 3.68. The minimum atomic E-state index is -0.707. The quantitative estimate of drug-likeness (QED) is 0.555. The second kappa shape index (κ2) is 3.01. The van der Waals surface area contributed by atoms with Crippen LogP contribution in [0.5, 0.6) is 0 Å². The lowest BCUT2D eigenvalue weighted by Crippen LogP contribution is -2.39. The lowest BCUT2D eigenvalue weighted by atomic mass is 10.0. The number of hydrogen-bond acceptors (Lipinski definition) is 3. The molecule has 2 rings (SSSR count). The standard InChI is InChI=1S/C9H13N3O2/c10-8-6(9(11)14)7(13)5-3-1-2-4-12(5)8/h5,10,13H,1-4H2,(H2,11,14). The third-order valence-electron chi connectivity index (χ3n) is 2.84. The molecule has 0 radical (unpaired) electrons. The number of nitrogens with one attached hydrogen (secondary N) is 1. The van der Waals surface area contributed by atoms with Crippen LogP contribution in [0.15, 0.2) is 11.3 Å². The van der Waals surface area contributed by atoms with Crippen molar-refractivity contribution in [2.75, 3.05) is 6.54 Å². The maximum atomic E-state index is 11.0. The number of amides is 1. The molecule has 0 aromatic rings. The molecule has 76 valence electrons. The van der Waals surface area contributed by atoms with E-state index >= 15 is 0 Å². The van der Waals surface area contributed by atoms with Crippen molar-refractivity contribution in [3.63, 3.8) is 0 Å². The van der Waals surface area contributed by atoms with Crippen molar-refractivity contribution in [3.05, 3.63) is 11.3 Å². The number of piperidine rings is 1. The van der Waals surface area contributed by atoms with Crippen molar-refractivity contribution in [2.24, 2.45) is 5.73 Å². The largest absolute Gasteiger partial charge is 0.509 e. The monoisotopic (exact) mass is 195 g/mol. The maximum Gasteiger partial charge on any atom is 0.255 e. The number of carbonyl (C=O) groups is 1. The highest BCUT2D eigenvalue weighted by Gasteiger charge is 2.40. The van der Waals surface area contributed by atoms with Crippen molar-refractivity contribution in [3.8, 4) is 0 Å². The zero-order chi connectivity index (χ0) is 10.3. The number of primary amides is 1. The first kappa shape index (κ1) is 9.05. The van der Waals surface area contributed by atoms with E-state index in [0.717, 1.165) is 25.8 Å². The van der Waals surface area contributed by atoms with Crippen LogP contribution >= 0.6 is 0 Å². The van der Waals surface area contributed by atoms with E-state index in [9.17, 15) is 9.90 Å². The summed E-state index contributed by atoms with van der Waals surface area (Å²) in [5, 5.41) is 17.4. The molecule has 5 nitrogen and oxygen atoms in total. The number of aliphatic hydroxyl groups is 1. The van der Waals surface area contributed by atoms with Crippen molar-refractivity contribution in [2.45, 2.75) is 25.3 Å². The van der Waals surface area contributed by atoms with Gasteiger partial charge >= 0.3 is 0 Å². The van der Waals surface area contributed by atoms with Crippen LogP contribution in [-0.4, -0.2) is 34.3 Å². The van der Waals surface area contributed by atoms with E-state index in [1.807, 2.05) is 0 Å². The molecule has 14 heavy (non-hydrogen) atoms. The Morgan fingerprint density at radius 2 is 2.29 bits per heavy atom. The number of nitrogens with zero attached hydrogens (tertiary/aromatic N) is 1. The predicted molar refractivity (Wildman–Crippen MR) is 50.9 cm³/mol. The van der Waals surface area contributed by atoms with E-state index in [1.54, 1.807) is 4.90 Å². The normalized spacial score (nSPS) is 26.7. The van der Waals surface area contributed by atoms with E-state index in [1.165, 1.54) is 0 Å². The molecule has 1 fully saturated rings. The Labute approximate surface area is 81.7 Å². The zero-order valence-corrected chi connectivity index (χ0v) is 7.79. The van der Waals surface area contributed by atoms with Gasteiger partial charge in [-0.3, -0.25) is 10.2 Å². The number of aliphatic hydroxyl groups excluding tert-OH is 1. The SMILES string of the molecule is N=C1C(C(N)=O)=C(O)C2CCCCN12. The number of nitrogens with two attached hydrogens (primary N) is 1. The smallest absolute Gasteiger partial charge is 0.255 e. The summed E-state index contributed by atoms with van der Waals surface area (Å²) in [6.07, 6.45) is 2.81. The molecular formula is C9H13N3O2. The predicted octanol–water partition coefficient (Wildman–Crippen LogP) is 0.129. The number of rotatable bonds is 1. The molecule has 0 aromatic carbocycles. The minimum absolute atomic E-state index is 0.00287. The lowest BCUT2D eigenvalue weighted by molar-refractivity contribution is -0.114. The van der Waals surface area contributed by atoms with Gasteiger partial charge in [0.1, 0.15) is 17.2 Å². The van der Waals surface area contributed by atoms with Crippen LogP contribution in [0, 0.1) is 5.41 Å². The molecule has 0 spiro atoms. The van der Waals surface area contributed by atoms with Crippen LogP contribution in [-0.2, 0) is 4.79 Å². The Bertz CT molecular complexity index is 335. The molecule has 1 saturated heterocycles. The van der Waals surface area contributed by atoms with Crippen LogP contribution in [0.1, 0.15) is 19.3 Å². The first-order valence-electron chi connectivity index (χ1n) is 4.71. The van der Waals surface area contributed by atoms with Gasteiger partial charge in [0.25, 0.3) is 5.91 Å². The number of carbonyl (C=O) groups excluding carboxylic acids is 1. The molecule has 0 saturated carbocycles. The highest BCUT2D eigenvalue weighted by Crippen LogP contribution is 2.31. The molecule has 2 aliphatic heterocycles. The van der Waals surface area contributed by atoms with Gasteiger partial charge in [0.05, 0.1) is 6.04 Å². The number of fused-ring (bicyclic) bond motifs is 1. The Balaban J connectivity index is 2.36. The molecule has 1 amide bonds. The number of hydrogen-bond donors (Lipinski definition) is 3. The van der Waals surface area contributed by atoms with Crippen molar-refractivity contribution in [1.29, 1.82) is 5.41 Å². The lowest BCUT2D eigenvalue weighted by Gasteiger charge is -2.31. The molecule has 2 heterocycles. The van der Waals surface area contributed by atoms with Crippen molar-refractivity contribution in [1.82, 2.24) is 4.90 Å². The molecule has 1 atom stereocenters. The topological polar surface area (TPSA) is 90.4 Å².